The number of carbonyl (C=O) groups is 1. The van der Waals surface area contributed by atoms with Crippen molar-refractivity contribution >= 4 is 29.1 Å². The molecule has 0 atom stereocenters. The van der Waals surface area contributed by atoms with Crippen LogP contribution in [-0.2, 0) is 0 Å². The highest BCUT2D eigenvalue weighted by molar-refractivity contribution is 6.30. The zero-order chi connectivity index (χ0) is 17.1. The fraction of sp³-hybridized carbons (Fsp3) is 0.111. The van der Waals surface area contributed by atoms with Crippen molar-refractivity contribution in [2.75, 3.05) is 24.3 Å². The number of anilines is 2. The van der Waals surface area contributed by atoms with Gasteiger partial charge < -0.3 is 10.2 Å². The molecule has 1 aromatic heterocycles. The Morgan fingerprint density at radius 3 is 2.38 bits per heavy atom. The summed E-state index contributed by atoms with van der Waals surface area (Å²) in [4.78, 5) is 14.3. The maximum absolute atomic E-state index is 12.5. The molecule has 3 rings (SSSR count). The van der Waals surface area contributed by atoms with E-state index in [1.165, 1.54) is 4.68 Å². The van der Waals surface area contributed by atoms with E-state index in [9.17, 15) is 4.79 Å². The fourth-order valence-corrected chi connectivity index (χ4v) is 2.46. The number of nitrogens with one attached hydrogen (secondary N) is 1. The molecule has 1 heterocycles. The average Bonchev–Trinajstić information content (AvgIpc) is 3.03. The van der Waals surface area contributed by atoms with Gasteiger partial charge in [-0.1, -0.05) is 41.9 Å². The molecule has 6 heteroatoms. The monoisotopic (exact) mass is 340 g/mol. The number of amides is 1. The molecule has 1 N–H and O–H groups in total. The average molecular weight is 341 g/mol. The van der Waals surface area contributed by atoms with Gasteiger partial charge in [0.2, 0.25) is 0 Å². The van der Waals surface area contributed by atoms with Crippen LogP contribution in [0.5, 0.6) is 0 Å². The van der Waals surface area contributed by atoms with Crippen molar-refractivity contribution in [2.24, 2.45) is 0 Å². The highest BCUT2D eigenvalue weighted by Crippen LogP contribution is 2.28. The van der Waals surface area contributed by atoms with E-state index in [1.807, 2.05) is 49.3 Å². The van der Waals surface area contributed by atoms with Crippen LogP contribution in [0.15, 0.2) is 60.8 Å². The van der Waals surface area contributed by atoms with Gasteiger partial charge >= 0.3 is 6.03 Å². The lowest BCUT2D eigenvalue weighted by molar-refractivity contribution is 0.251. The summed E-state index contributed by atoms with van der Waals surface area (Å²) >= 11 is 5.86. The Morgan fingerprint density at radius 1 is 1.08 bits per heavy atom. The van der Waals surface area contributed by atoms with Crippen molar-refractivity contribution < 1.29 is 4.79 Å². The Hall–Kier alpha value is -2.79. The zero-order valence-electron chi connectivity index (χ0n) is 13.4. The molecule has 5 nitrogen and oxygen atoms in total. The minimum atomic E-state index is -0.331. The van der Waals surface area contributed by atoms with Crippen LogP contribution < -0.4 is 10.2 Å². The van der Waals surface area contributed by atoms with Crippen LogP contribution in [0.25, 0.3) is 11.1 Å². The van der Waals surface area contributed by atoms with Gasteiger partial charge in [-0.15, -0.1) is 5.10 Å². The summed E-state index contributed by atoms with van der Waals surface area (Å²) in [5.41, 5.74) is 2.56. The first kappa shape index (κ1) is 16.1. The number of benzene rings is 2. The van der Waals surface area contributed by atoms with Crippen molar-refractivity contribution in [1.82, 2.24) is 9.78 Å². The number of hydrogen-bond acceptors (Lipinski definition) is 3. The molecule has 3 aromatic rings. The Bertz CT molecular complexity index is 841. The van der Waals surface area contributed by atoms with E-state index in [0.29, 0.717) is 10.7 Å². The zero-order valence-corrected chi connectivity index (χ0v) is 14.2. The number of nitrogens with zero attached hydrogens (tertiary/aromatic N) is 3. The molecule has 2 aromatic carbocycles. The number of rotatable bonds is 3. The maximum Gasteiger partial charge on any atom is 0.346 e. The molecule has 0 aliphatic carbocycles. The summed E-state index contributed by atoms with van der Waals surface area (Å²) in [7, 11) is 3.80. The molecular formula is C18H17ClN4O. The van der Waals surface area contributed by atoms with Gasteiger partial charge in [-0.2, -0.15) is 4.68 Å². The van der Waals surface area contributed by atoms with Crippen molar-refractivity contribution in [2.45, 2.75) is 0 Å². The molecule has 0 saturated heterocycles. The molecule has 0 unspecified atom stereocenters. The summed E-state index contributed by atoms with van der Waals surface area (Å²) < 4.78 is 1.31. The second-order valence-electron chi connectivity index (χ2n) is 5.51. The normalized spacial score (nSPS) is 10.5. The third kappa shape index (κ3) is 3.41. The number of hydrogen-bond donors (Lipinski definition) is 1. The Balaban J connectivity index is 1.91. The van der Waals surface area contributed by atoms with Gasteiger partial charge in [0, 0.05) is 36.6 Å². The van der Waals surface area contributed by atoms with Gasteiger partial charge in [-0.25, -0.2) is 4.79 Å². The first-order valence-corrected chi connectivity index (χ1v) is 7.82. The number of aromatic nitrogens is 2. The summed E-state index contributed by atoms with van der Waals surface area (Å²) in [5.74, 6) is 0.729. The third-order valence-electron chi connectivity index (χ3n) is 3.51. The lowest BCUT2D eigenvalue weighted by Crippen LogP contribution is -2.20. The lowest BCUT2D eigenvalue weighted by Gasteiger charge is -2.10. The van der Waals surface area contributed by atoms with E-state index in [1.54, 1.807) is 30.5 Å². The van der Waals surface area contributed by atoms with Crippen LogP contribution >= 0.6 is 11.6 Å². The van der Waals surface area contributed by atoms with E-state index in [2.05, 4.69) is 10.4 Å². The molecule has 0 aliphatic rings. The fourth-order valence-electron chi connectivity index (χ4n) is 2.33. The van der Waals surface area contributed by atoms with Crippen LogP contribution in [0.4, 0.5) is 16.3 Å². The largest absolute Gasteiger partial charge is 0.361 e. The van der Waals surface area contributed by atoms with Gasteiger partial charge in [0.25, 0.3) is 0 Å². The van der Waals surface area contributed by atoms with E-state index in [-0.39, 0.29) is 6.03 Å². The predicted molar refractivity (Wildman–Crippen MR) is 97.9 cm³/mol. The van der Waals surface area contributed by atoms with Crippen molar-refractivity contribution in [3.63, 3.8) is 0 Å². The quantitative estimate of drug-likeness (QED) is 0.771. The Labute approximate surface area is 145 Å². The van der Waals surface area contributed by atoms with E-state index in [4.69, 9.17) is 11.6 Å². The summed E-state index contributed by atoms with van der Waals surface area (Å²) in [6, 6.07) is 16.5. The first-order valence-electron chi connectivity index (χ1n) is 7.44. The Kier molecular flexibility index (Phi) is 4.53. The van der Waals surface area contributed by atoms with Gasteiger partial charge in [0.05, 0.1) is 0 Å². The summed E-state index contributed by atoms with van der Waals surface area (Å²) in [5, 5.41) is 7.82. The molecule has 0 fully saturated rings. The first-order chi connectivity index (χ1) is 11.5. The SMILES string of the molecule is CN(C)c1nn(C(=O)Nc2ccc(Cl)cc2)cc1-c1ccccc1. The molecule has 0 bridgehead atoms. The smallest absolute Gasteiger partial charge is 0.346 e. The van der Waals surface area contributed by atoms with E-state index in [0.717, 1.165) is 16.9 Å². The second kappa shape index (κ2) is 6.76. The third-order valence-corrected chi connectivity index (χ3v) is 3.76. The second-order valence-corrected chi connectivity index (χ2v) is 5.94. The molecule has 0 radical (unpaired) electrons. The van der Waals surface area contributed by atoms with Crippen molar-refractivity contribution in [1.29, 1.82) is 0 Å². The van der Waals surface area contributed by atoms with Gasteiger partial charge in [-0.3, -0.25) is 0 Å². The van der Waals surface area contributed by atoms with E-state index < -0.39 is 0 Å². The molecule has 1 amide bonds. The van der Waals surface area contributed by atoms with Gasteiger partial charge in [-0.05, 0) is 29.8 Å². The van der Waals surface area contributed by atoms with Crippen LogP contribution in [0.1, 0.15) is 0 Å². The molecule has 0 aliphatic heterocycles. The van der Waals surface area contributed by atoms with Crippen LogP contribution in [0, 0.1) is 0 Å². The van der Waals surface area contributed by atoms with Crippen molar-refractivity contribution in [3.8, 4) is 11.1 Å². The van der Waals surface area contributed by atoms with Crippen LogP contribution in [-0.4, -0.2) is 29.9 Å². The molecule has 0 saturated carbocycles. The highest BCUT2D eigenvalue weighted by Gasteiger charge is 2.16. The topological polar surface area (TPSA) is 50.2 Å². The number of halogens is 1. The molecule has 24 heavy (non-hydrogen) atoms. The predicted octanol–water partition coefficient (Wildman–Crippen LogP) is 4.35. The van der Waals surface area contributed by atoms with Crippen LogP contribution in [0.3, 0.4) is 0 Å². The minimum absolute atomic E-state index is 0.331. The molecular weight excluding hydrogens is 324 g/mol. The summed E-state index contributed by atoms with van der Waals surface area (Å²) in [6.07, 6.45) is 1.73. The standard InChI is InChI=1S/C18H17ClN4O/c1-22(2)17-16(13-6-4-3-5-7-13)12-23(21-17)18(24)20-15-10-8-14(19)9-11-15/h3-12H,1-2H3,(H,20,24). The van der Waals surface area contributed by atoms with E-state index >= 15 is 0 Å². The Morgan fingerprint density at radius 2 is 1.75 bits per heavy atom. The highest BCUT2D eigenvalue weighted by atomic mass is 35.5. The maximum atomic E-state index is 12.5. The van der Waals surface area contributed by atoms with Crippen LogP contribution in [0.2, 0.25) is 5.02 Å². The lowest BCUT2D eigenvalue weighted by atomic mass is 10.1. The summed E-state index contributed by atoms with van der Waals surface area (Å²) in [6.45, 7) is 0. The van der Waals surface area contributed by atoms with Gasteiger partial charge in [0.15, 0.2) is 5.82 Å². The van der Waals surface area contributed by atoms with Gasteiger partial charge in [0.1, 0.15) is 0 Å². The molecule has 0 spiro atoms. The molecule has 122 valence electrons. The number of carbonyl (C=O) groups excluding carboxylic acids is 1. The minimum Gasteiger partial charge on any atom is -0.361 e. The van der Waals surface area contributed by atoms with Crippen molar-refractivity contribution in [3.05, 3.63) is 65.8 Å².